The van der Waals surface area contributed by atoms with Crippen LogP contribution in [0, 0.1) is 40.4 Å². The second-order valence-corrected chi connectivity index (χ2v) is 11.5. The van der Waals surface area contributed by atoms with Gasteiger partial charge in [0.25, 0.3) is 0 Å². The number of aliphatic carboxylic acids is 1. The molecule has 3 aliphatic carbocycles. The van der Waals surface area contributed by atoms with Gasteiger partial charge in [0.05, 0.1) is 0 Å². The molecule has 0 aromatic rings. The Kier molecular flexibility index (Phi) is 7.22. The lowest BCUT2D eigenvalue weighted by Crippen LogP contribution is -2.52. The first kappa shape index (κ1) is 24.3. The van der Waals surface area contributed by atoms with Gasteiger partial charge in [0, 0.05) is 38.8 Å². The Labute approximate surface area is 188 Å². The van der Waals surface area contributed by atoms with Crippen LogP contribution in [0.4, 0.5) is 0 Å². The van der Waals surface area contributed by atoms with Crippen LogP contribution < -0.4 is 0 Å². The lowest BCUT2D eigenvalue weighted by Gasteiger charge is -2.56. The molecule has 0 spiro atoms. The number of carbonyl (C=O) groups is 3. The summed E-state index contributed by atoms with van der Waals surface area (Å²) < 4.78 is 0. The number of rotatable bonds is 8. The summed E-state index contributed by atoms with van der Waals surface area (Å²) in [6.45, 7) is 6.94. The molecule has 3 saturated carbocycles. The number of hydrogen-bond donors (Lipinski definition) is 1. The quantitative estimate of drug-likeness (QED) is 0.573. The predicted octanol–water partition coefficient (Wildman–Crippen LogP) is 5.17. The van der Waals surface area contributed by atoms with Crippen LogP contribution in [0.3, 0.4) is 0 Å². The van der Waals surface area contributed by atoms with Crippen molar-refractivity contribution in [3.05, 3.63) is 0 Å². The van der Waals surface area contributed by atoms with E-state index in [2.05, 4.69) is 20.8 Å². The molecular weight excluding hydrogens is 390 g/mol. The van der Waals surface area contributed by atoms with Gasteiger partial charge in [0.2, 0.25) is 5.91 Å². The van der Waals surface area contributed by atoms with E-state index >= 15 is 0 Å². The third-order valence-corrected chi connectivity index (χ3v) is 9.76. The highest BCUT2D eigenvalue weighted by Crippen LogP contribution is 2.65. The Morgan fingerprint density at radius 1 is 1.10 bits per heavy atom. The second-order valence-electron chi connectivity index (χ2n) is 11.5. The van der Waals surface area contributed by atoms with Crippen LogP contribution >= 0.6 is 0 Å². The van der Waals surface area contributed by atoms with Crippen molar-refractivity contribution in [1.82, 2.24) is 4.90 Å². The Bertz CT molecular complexity index is 704. The smallest absolute Gasteiger partial charge is 0.303 e. The maximum atomic E-state index is 12.9. The molecule has 3 fully saturated rings. The summed E-state index contributed by atoms with van der Waals surface area (Å²) in [6.07, 6.45) is 9.62. The Morgan fingerprint density at radius 2 is 1.81 bits per heavy atom. The largest absolute Gasteiger partial charge is 0.481 e. The molecule has 176 valence electrons. The normalized spacial score (nSPS) is 38.3. The van der Waals surface area contributed by atoms with Crippen molar-refractivity contribution in [2.45, 2.75) is 91.4 Å². The van der Waals surface area contributed by atoms with Crippen molar-refractivity contribution < 1.29 is 19.5 Å². The predicted molar refractivity (Wildman–Crippen MR) is 121 cm³/mol. The van der Waals surface area contributed by atoms with E-state index in [4.69, 9.17) is 0 Å². The molecule has 3 rings (SSSR count). The maximum Gasteiger partial charge on any atom is 0.303 e. The zero-order valence-electron chi connectivity index (χ0n) is 20.3. The van der Waals surface area contributed by atoms with Gasteiger partial charge >= 0.3 is 5.97 Å². The van der Waals surface area contributed by atoms with Crippen molar-refractivity contribution in [2.24, 2.45) is 40.4 Å². The molecule has 31 heavy (non-hydrogen) atoms. The third-order valence-electron chi connectivity index (χ3n) is 9.76. The summed E-state index contributed by atoms with van der Waals surface area (Å²) in [5, 5.41) is 9.23. The van der Waals surface area contributed by atoms with E-state index in [-0.39, 0.29) is 12.3 Å². The molecule has 1 N–H and O–H groups in total. The first-order chi connectivity index (χ1) is 14.5. The number of hydrogen-bond acceptors (Lipinski definition) is 3. The van der Waals surface area contributed by atoms with E-state index in [0.29, 0.717) is 60.1 Å². The zero-order chi connectivity index (χ0) is 23.0. The highest BCUT2D eigenvalue weighted by atomic mass is 16.4. The molecule has 0 aromatic heterocycles. The average Bonchev–Trinajstić information content (AvgIpc) is 3.06. The van der Waals surface area contributed by atoms with Crippen LogP contribution in [0.15, 0.2) is 0 Å². The van der Waals surface area contributed by atoms with Crippen molar-refractivity contribution >= 4 is 17.7 Å². The van der Waals surface area contributed by atoms with Gasteiger partial charge in [-0.2, -0.15) is 0 Å². The molecule has 0 bridgehead atoms. The number of Topliss-reactive ketones (excluding diaryl/α,β-unsaturated/α-hetero) is 1. The number of carbonyl (C=O) groups excluding carboxylic acids is 2. The van der Waals surface area contributed by atoms with E-state index < -0.39 is 11.4 Å². The van der Waals surface area contributed by atoms with Gasteiger partial charge in [-0.3, -0.25) is 14.4 Å². The van der Waals surface area contributed by atoms with Gasteiger partial charge in [-0.15, -0.1) is 0 Å². The molecule has 1 amide bonds. The molecule has 7 atom stereocenters. The Balaban J connectivity index is 1.69. The average molecular weight is 434 g/mol. The summed E-state index contributed by atoms with van der Waals surface area (Å²) in [5.74, 6) is 2.59. The summed E-state index contributed by atoms with van der Waals surface area (Å²) in [6, 6.07) is 0. The van der Waals surface area contributed by atoms with Crippen LogP contribution in [-0.4, -0.2) is 41.8 Å². The first-order valence-corrected chi connectivity index (χ1v) is 12.5. The number of amides is 1. The molecule has 5 nitrogen and oxygen atoms in total. The zero-order valence-corrected chi connectivity index (χ0v) is 20.3. The SMILES string of the molecule is C[C@H](CCCC(=O)N(C)C)[C@H]1CC[C@H]2[C@@H]3CCC(=O)[C@](C)(CCC(=O)O)[C@H]3CC[C@]12C. The number of nitrogens with zero attached hydrogens (tertiary/aromatic N) is 1. The van der Waals surface area contributed by atoms with Gasteiger partial charge in [-0.05, 0) is 86.4 Å². The first-order valence-electron chi connectivity index (χ1n) is 12.5. The number of carboxylic acids is 1. The molecule has 0 radical (unpaired) electrons. The van der Waals surface area contributed by atoms with Crippen LogP contribution in [-0.2, 0) is 14.4 Å². The minimum atomic E-state index is -0.792. The summed E-state index contributed by atoms with van der Waals surface area (Å²) in [7, 11) is 3.65. The molecule has 5 heteroatoms. The maximum absolute atomic E-state index is 12.9. The molecule has 0 saturated heterocycles. The molecule has 3 aliphatic rings. The van der Waals surface area contributed by atoms with Gasteiger partial charge in [0.1, 0.15) is 5.78 Å². The van der Waals surface area contributed by atoms with Crippen LogP contribution in [0.25, 0.3) is 0 Å². The van der Waals surface area contributed by atoms with Gasteiger partial charge in [0.15, 0.2) is 0 Å². The molecule has 0 unspecified atom stereocenters. The van der Waals surface area contributed by atoms with E-state index in [1.54, 1.807) is 4.90 Å². The van der Waals surface area contributed by atoms with Gasteiger partial charge in [-0.25, -0.2) is 0 Å². The molecule has 0 heterocycles. The number of fused-ring (bicyclic) bond motifs is 3. The van der Waals surface area contributed by atoms with Crippen LogP contribution in [0.2, 0.25) is 0 Å². The van der Waals surface area contributed by atoms with E-state index in [9.17, 15) is 19.5 Å². The van der Waals surface area contributed by atoms with E-state index in [0.717, 1.165) is 32.1 Å². The summed E-state index contributed by atoms with van der Waals surface area (Å²) in [5.41, 5.74) is -0.140. The molecule has 0 aliphatic heterocycles. The fourth-order valence-electron chi connectivity index (χ4n) is 7.94. The lowest BCUT2D eigenvalue weighted by molar-refractivity contribution is -0.148. The highest BCUT2D eigenvalue weighted by molar-refractivity contribution is 5.86. The van der Waals surface area contributed by atoms with Crippen molar-refractivity contribution in [1.29, 1.82) is 0 Å². The topological polar surface area (TPSA) is 74.7 Å². The molecular formula is C26H43NO4. The van der Waals surface area contributed by atoms with E-state index in [1.165, 1.54) is 12.8 Å². The minimum absolute atomic E-state index is 0.0960. The van der Waals surface area contributed by atoms with Crippen molar-refractivity contribution in [2.75, 3.05) is 14.1 Å². The monoisotopic (exact) mass is 433 g/mol. The lowest BCUT2D eigenvalue weighted by atomic mass is 9.48. The number of ketones is 1. The third kappa shape index (κ3) is 4.57. The fraction of sp³-hybridized carbons (Fsp3) is 0.885. The summed E-state index contributed by atoms with van der Waals surface area (Å²) >= 11 is 0. The standard InChI is InChI=1S/C26H43NO4/c1-17(7-6-8-23(29)27(4)5)19-10-11-20-18-9-12-22(28)26(3,16-14-24(30)31)21(18)13-15-25(19,20)2/h17-21H,6-16H2,1-5H3,(H,30,31)/t17-,18+,19-,20+,21+,25-,26-/m1/s1. The minimum Gasteiger partial charge on any atom is -0.481 e. The highest BCUT2D eigenvalue weighted by Gasteiger charge is 2.59. The van der Waals surface area contributed by atoms with Crippen LogP contribution in [0.1, 0.15) is 91.4 Å². The van der Waals surface area contributed by atoms with Gasteiger partial charge < -0.3 is 10.0 Å². The Hall–Kier alpha value is -1.39. The summed E-state index contributed by atoms with van der Waals surface area (Å²) in [4.78, 5) is 37.8. The van der Waals surface area contributed by atoms with Crippen molar-refractivity contribution in [3.63, 3.8) is 0 Å². The molecule has 0 aromatic carbocycles. The Morgan fingerprint density at radius 3 is 2.45 bits per heavy atom. The van der Waals surface area contributed by atoms with Crippen LogP contribution in [0.5, 0.6) is 0 Å². The van der Waals surface area contributed by atoms with Crippen molar-refractivity contribution in [3.8, 4) is 0 Å². The van der Waals surface area contributed by atoms with Gasteiger partial charge in [-0.1, -0.05) is 20.8 Å². The number of carboxylic acid groups (broad SMARTS) is 1. The van der Waals surface area contributed by atoms with E-state index in [1.807, 2.05) is 14.1 Å². The fourth-order valence-corrected chi connectivity index (χ4v) is 7.94. The second kappa shape index (κ2) is 9.23.